The fraction of sp³-hybridized carbons (Fsp3) is 0.824. The molecule has 2 atom stereocenters. The lowest BCUT2D eigenvalue weighted by Gasteiger charge is -2.50. The molecule has 3 nitrogen and oxygen atoms in total. The zero-order valence-corrected chi connectivity index (χ0v) is 15.5. The Balaban J connectivity index is 2.18. The van der Waals surface area contributed by atoms with E-state index in [4.69, 9.17) is 4.98 Å². The molecule has 0 saturated carbocycles. The van der Waals surface area contributed by atoms with Crippen molar-refractivity contribution in [2.75, 3.05) is 13.1 Å². The number of aryl methyl sites for hydroxylation is 2. The molecule has 1 N–H and O–H groups in total. The molecule has 2 heterocycles. The maximum absolute atomic E-state index is 4.75. The van der Waals surface area contributed by atoms with Crippen LogP contribution in [0.2, 0.25) is 0 Å². The molecular weight excluding hydrogens is 278 g/mol. The van der Waals surface area contributed by atoms with E-state index in [-0.39, 0.29) is 5.54 Å². The zero-order valence-electron chi connectivity index (χ0n) is 14.7. The lowest BCUT2D eigenvalue weighted by Crippen LogP contribution is -2.65. The first kappa shape index (κ1) is 16.9. The molecule has 0 radical (unpaired) electrons. The number of nitrogens with zero attached hydrogens (tertiary/aromatic N) is 2. The van der Waals surface area contributed by atoms with Crippen LogP contribution in [0.25, 0.3) is 0 Å². The standard InChI is InChI=1S/C17H31N3S/c1-8-17(7)11-18-14(16(4,5)6)9-20(17)10-15-19-12(2)13(3)21-15/h14,18H,8-11H2,1-7H3. The Hall–Kier alpha value is -0.450. The maximum Gasteiger partial charge on any atom is 0.107 e. The van der Waals surface area contributed by atoms with Gasteiger partial charge in [-0.05, 0) is 32.6 Å². The second kappa shape index (κ2) is 5.98. The molecule has 0 spiro atoms. The second-order valence-electron chi connectivity index (χ2n) is 7.78. The van der Waals surface area contributed by atoms with Gasteiger partial charge in [0.15, 0.2) is 0 Å². The van der Waals surface area contributed by atoms with Gasteiger partial charge in [-0.15, -0.1) is 11.3 Å². The van der Waals surface area contributed by atoms with Crippen molar-refractivity contribution in [3.8, 4) is 0 Å². The van der Waals surface area contributed by atoms with Gasteiger partial charge in [-0.1, -0.05) is 27.7 Å². The minimum Gasteiger partial charge on any atom is -0.310 e. The summed E-state index contributed by atoms with van der Waals surface area (Å²) in [5.74, 6) is 0. The van der Waals surface area contributed by atoms with Gasteiger partial charge in [-0.3, -0.25) is 4.90 Å². The molecule has 1 aromatic heterocycles. The molecule has 1 aliphatic rings. The minimum absolute atomic E-state index is 0.231. The topological polar surface area (TPSA) is 28.2 Å². The molecule has 0 amide bonds. The third-order valence-corrected chi connectivity index (χ3v) is 6.16. The van der Waals surface area contributed by atoms with Crippen LogP contribution >= 0.6 is 11.3 Å². The van der Waals surface area contributed by atoms with Crippen molar-refractivity contribution < 1.29 is 0 Å². The van der Waals surface area contributed by atoms with Gasteiger partial charge >= 0.3 is 0 Å². The van der Waals surface area contributed by atoms with E-state index in [1.165, 1.54) is 22.0 Å². The van der Waals surface area contributed by atoms with E-state index >= 15 is 0 Å². The average Bonchev–Trinajstić information content (AvgIpc) is 2.70. The minimum atomic E-state index is 0.231. The maximum atomic E-state index is 4.75. The molecular formula is C17H31N3S. The van der Waals surface area contributed by atoms with Crippen LogP contribution in [-0.4, -0.2) is 34.6 Å². The molecule has 1 aliphatic heterocycles. The average molecular weight is 310 g/mol. The van der Waals surface area contributed by atoms with Crippen LogP contribution < -0.4 is 5.32 Å². The zero-order chi connectivity index (χ0) is 15.8. The first-order chi connectivity index (χ1) is 9.65. The fourth-order valence-electron chi connectivity index (χ4n) is 2.91. The van der Waals surface area contributed by atoms with Gasteiger partial charge in [0.05, 0.1) is 12.2 Å². The molecule has 2 rings (SSSR count). The van der Waals surface area contributed by atoms with Crippen LogP contribution in [0.15, 0.2) is 0 Å². The summed E-state index contributed by atoms with van der Waals surface area (Å²) in [7, 11) is 0. The number of nitrogens with one attached hydrogen (secondary N) is 1. The monoisotopic (exact) mass is 309 g/mol. The molecule has 1 aromatic rings. The summed E-state index contributed by atoms with van der Waals surface area (Å²) in [5, 5.41) is 5.04. The number of thiazole rings is 1. The SMILES string of the molecule is CCC1(C)CNC(C(C)(C)C)CN1Cc1nc(C)c(C)s1. The molecule has 1 fully saturated rings. The van der Waals surface area contributed by atoms with Crippen molar-refractivity contribution in [2.24, 2.45) is 5.41 Å². The van der Waals surface area contributed by atoms with Gasteiger partial charge in [0.25, 0.3) is 0 Å². The van der Waals surface area contributed by atoms with Gasteiger partial charge in [-0.2, -0.15) is 0 Å². The third-order valence-electron chi connectivity index (χ3n) is 5.10. The Morgan fingerprint density at radius 1 is 1.38 bits per heavy atom. The molecule has 2 unspecified atom stereocenters. The van der Waals surface area contributed by atoms with Gasteiger partial charge in [0.1, 0.15) is 5.01 Å². The van der Waals surface area contributed by atoms with Gasteiger partial charge in [-0.25, -0.2) is 4.98 Å². The van der Waals surface area contributed by atoms with Gasteiger partial charge in [0, 0.05) is 29.5 Å². The smallest absolute Gasteiger partial charge is 0.107 e. The molecule has 0 aromatic carbocycles. The Morgan fingerprint density at radius 3 is 2.52 bits per heavy atom. The lowest BCUT2D eigenvalue weighted by molar-refractivity contribution is 0.0157. The quantitative estimate of drug-likeness (QED) is 0.921. The Kier molecular flexibility index (Phi) is 4.81. The predicted molar refractivity (Wildman–Crippen MR) is 91.9 cm³/mol. The number of piperazine rings is 1. The summed E-state index contributed by atoms with van der Waals surface area (Å²) >= 11 is 1.85. The Bertz CT molecular complexity index is 469. The number of aromatic nitrogens is 1. The first-order valence-corrected chi connectivity index (χ1v) is 8.88. The van der Waals surface area contributed by atoms with Crippen molar-refractivity contribution in [1.82, 2.24) is 15.2 Å². The molecule has 4 heteroatoms. The molecule has 21 heavy (non-hydrogen) atoms. The molecule has 0 aliphatic carbocycles. The summed E-state index contributed by atoms with van der Waals surface area (Å²) in [4.78, 5) is 8.75. The van der Waals surface area contributed by atoms with Gasteiger partial charge < -0.3 is 5.32 Å². The second-order valence-corrected chi connectivity index (χ2v) is 9.07. The van der Waals surface area contributed by atoms with Crippen molar-refractivity contribution in [1.29, 1.82) is 0 Å². The van der Waals surface area contributed by atoms with Gasteiger partial charge in [0.2, 0.25) is 0 Å². The van der Waals surface area contributed by atoms with E-state index < -0.39 is 0 Å². The van der Waals surface area contributed by atoms with E-state index in [0.717, 1.165) is 19.6 Å². The van der Waals surface area contributed by atoms with E-state index in [0.29, 0.717) is 11.5 Å². The fourth-order valence-corrected chi connectivity index (χ4v) is 3.86. The van der Waals surface area contributed by atoms with E-state index in [9.17, 15) is 0 Å². The van der Waals surface area contributed by atoms with Crippen molar-refractivity contribution >= 4 is 11.3 Å². The van der Waals surface area contributed by atoms with E-state index in [1.54, 1.807) is 0 Å². The van der Waals surface area contributed by atoms with Crippen LogP contribution in [0.4, 0.5) is 0 Å². The summed E-state index contributed by atoms with van der Waals surface area (Å²) in [6, 6.07) is 0.541. The van der Waals surface area contributed by atoms with Crippen LogP contribution in [0, 0.1) is 19.3 Å². The van der Waals surface area contributed by atoms with Crippen molar-refractivity contribution in [3.63, 3.8) is 0 Å². The summed E-state index contributed by atoms with van der Waals surface area (Å²) in [6.45, 7) is 19.1. The largest absolute Gasteiger partial charge is 0.310 e. The first-order valence-electron chi connectivity index (χ1n) is 8.07. The highest BCUT2D eigenvalue weighted by atomic mass is 32.1. The van der Waals surface area contributed by atoms with E-state index in [1.807, 2.05) is 11.3 Å². The Labute approximate surface area is 134 Å². The van der Waals surface area contributed by atoms with E-state index in [2.05, 4.69) is 58.7 Å². The normalized spacial score (nSPS) is 28.0. The Morgan fingerprint density at radius 2 is 2.05 bits per heavy atom. The summed E-state index contributed by atoms with van der Waals surface area (Å²) in [6.07, 6.45) is 1.17. The summed E-state index contributed by atoms with van der Waals surface area (Å²) < 4.78 is 0. The number of hydrogen-bond acceptors (Lipinski definition) is 4. The molecule has 0 bridgehead atoms. The van der Waals surface area contributed by atoms with Crippen LogP contribution in [-0.2, 0) is 6.54 Å². The van der Waals surface area contributed by atoms with Crippen molar-refractivity contribution in [2.45, 2.75) is 73.0 Å². The van der Waals surface area contributed by atoms with Crippen LogP contribution in [0.3, 0.4) is 0 Å². The van der Waals surface area contributed by atoms with Crippen molar-refractivity contribution in [3.05, 3.63) is 15.6 Å². The predicted octanol–water partition coefficient (Wildman–Crippen LogP) is 3.75. The number of rotatable bonds is 3. The molecule has 1 saturated heterocycles. The lowest BCUT2D eigenvalue weighted by atomic mass is 9.81. The number of hydrogen-bond donors (Lipinski definition) is 1. The highest BCUT2D eigenvalue weighted by Gasteiger charge is 2.40. The summed E-state index contributed by atoms with van der Waals surface area (Å²) in [5.41, 5.74) is 1.72. The highest BCUT2D eigenvalue weighted by Crippen LogP contribution is 2.31. The highest BCUT2D eigenvalue weighted by molar-refractivity contribution is 7.11. The van der Waals surface area contributed by atoms with Crippen LogP contribution in [0.5, 0.6) is 0 Å². The van der Waals surface area contributed by atoms with Crippen LogP contribution in [0.1, 0.15) is 56.6 Å². The third kappa shape index (κ3) is 3.66. The molecule has 120 valence electrons.